The Labute approximate surface area is 135 Å². The standard InChI is InChI=1S/C15H21Cl2N3O/c1-9-4-3-5-20(8-9)10(2)15(21)19-14-12(16)6-11(18)7-13(14)17/h6-7,9-10H,3-5,8,18H2,1-2H3,(H,19,21). The number of hydrogen-bond acceptors (Lipinski definition) is 3. The second kappa shape index (κ2) is 6.86. The topological polar surface area (TPSA) is 58.4 Å². The zero-order valence-electron chi connectivity index (χ0n) is 12.3. The largest absolute Gasteiger partial charge is 0.399 e. The molecule has 1 aromatic carbocycles. The number of benzene rings is 1. The van der Waals surface area contributed by atoms with Crippen molar-refractivity contribution >= 4 is 40.5 Å². The molecule has 1 saturated heterocycles. The van der Waals surface area contributed by atoms with Gasteiger partial charge in [0, 0.05) is 12.2 Å². The Morgan fingerprint density at radius 3 is 2.62 bits per heavy atom. The number of carbonyl (C=O) groups excluding carboxylic acids is 1. The smallest absolute Gasteiger partial charge is 0.241 e. The van der Waals surface area contributed by atoms with Gasteiger partial charge in [0.15, 0.2) is 0 Å². The third kappa shape index (κ3) is 4.02. The van der Waals surface area contributed by atoms with Crippen molar-refractivity contribution in [1.29, 1.82) is 0 Å². The zero-order chi connectivity index (χ0) is 15.6. The van der Waals surface area contributed by atoms with Crippen LogP contribution in [0.3, 0.4) is 0 Å². The highest BCUT2D eigenvalue weighted by molar-refractivity contribution is 6.40. The summed E-state index contributed by atoms with van der Waals surface area (Å²) in [6, 6.07) is 2.95. The lowest BCUT2D eigenvalue weighted by Gasteiger charge is -2.34. The average molecular weight is 330 g/mol. The maximum absolute atomic E-state index is 12.4. The van der Waals surface area contributed by atoms with Gasteiger partial charge >= 0.3 is 0 Å². The molecule has 0 aromatic heterocycles. The fraction of sp³-hybridized carbons (Fsp3) is 0.533. The van der Waals surface area contributed by atoms with Crippen LogP contribution in [-0.2, 0) is 4.79 Å². The molecule has 1 amide bonds. The molecule has 2 rings (SSSR count). The molecule has 1 fully saturated rings. The number of nitrogens with zero attached hydrogens (tertiary/aromatic N) is 1. The zero-order valence-corrected chi connectivity index (χ0v) is 13.8. The third-order valence-corrected chi connectivity index (χ3v) is 4.52. The Bertz CT molecular complexity index is 513. The van der Waals surface area contributed by atoms with E-state index < -0.39 is 0 Å². The second-order valence-electron chi connectivity index (χ2n) is 5.77. The summed E-state index contributed by atoms with van der Waals surface area (Å²) in [4.78, 5) is 14.6. The number of halogens is 2. The first-order valence-electron chi connectivity index (χ1n) is 7.18. The molecule has 1 aromatic rings. The van der Waals surface area contributed by atoms with E-state index in [1.165, 1.54) is 6.42 Å². The molecule has 1 aliphatic heterocycles. The number of nitrogens with one attached hydrogen (secondary N) is 1. The molecular formula is C15H21Cl2N3O. The van der Waals surface area contributed by atoms with Crippen LogP contribution in [0.25, 0.3) is 0 Å². The van der Waals surface area contributed by atoms with E-state index >= 15 is 0 Å². The van der Waals surface area contributed by atoms with Gasteiger partial charge in [-0.2, -0.15) is 0 Å². The predicted molar refractivity (Wildman–Crippen MR) is 88.9 cm³/mol. The van der Waals surface area contributed by atoms with E-state index in [4.69, 9.17) is 28.9 Å². The van der Waals surface area contributed by atoms with Gasteiger partial charge in [-0.15, -0.1) is 0 Å². The van der Waals surface area contributed by atoms with Crippen LogP contribution in [0.5, 0.6) is 0 Å². The first-order valence-corrected chi connectivity index (χ1v) is 7.93. The van der Waals surface area contributed by atoms with Crippen LogP contribution in [0.4, 0.5) is 11.4 Å². The number of nitrogen functional groups attached to an aromatic ring is 1. The van der Waals surface area contributed by atoms with E-state index in [2.05, 4.69) is 17.1 Å². The van der Waals surface area contributed by atoms with Crippen molar-refractivity contribution in [3.05, 3.63) is 22.2 Å². The number of likely N-dealkylation sites (tertiary alicyclic amines) is 1. The molecule has 2 unspecified atom stereocenters. The SMILES string of the molecule is CC1CCCN(C(C)C(=O)Nc2c(Cl)cc(N)cc2Cl)C1. The molecule has 116 valence electrons. The van der Waals surface area contributed by atoms with E-state index in [0.29, 0.717) is 27.3 Å². The Hall–Kier alpha value is -0.970. The maximum Gasteiger partial charge on any atom is 0.241 e. The highest BCUT2D eigenvalue weighted by Crippen LogP contribution is 2.33. The van der Waals surface area contributed by atoms with Gasteiger partial charge in [-0.3, -0.25) is 9.69 Å². The molecule has 1 heterocycles. The lowest BCUT2D eigenvalue weighted by Crippen LogP contribution is -2.46. The second-order valence-corrected chi connectivity index (χ2v) is 6.58. The number of hydrogen-bond donors (Lipinski definition) is 2. The molecular weight excluding hydrogens is 309 g/mol. The van der Waals surface area contributed by atoms with Crippen molar-refractivity contribution in [3.63, 3.8) is 0 Å². The highest BCUT2D eigenvalue weighted by Gasteiger charge is 2.26. The van der Waals surface area contributed by atoms with Crippen LogP contribution >= 0.6 is 23.2 Å². The summed E-state index contributed by atoms with van der Waals surface area (Å²) in [5, 5.41) is 3.53. The van der Waals surface area contributed by atoms with Crippen molar-refractivity contribution in [2.45, 2.75) is 32.7 Å². The van der Waals surface area contributed by atoms with Gasteiger partial charge in [0.25, 0.3) is 0 Å². The van der Waals surface area contributed by atoms with Crippen LogP contribution in [0, 0.1) is 5.92 Å². The quantitative estimate of drug-likeness (QED) is 0.832. The van der Waals surface area contributed by atoms with Crippen LogP contribution in [0.1, 0.15) is 26.7 Å². The maximum atomic E-state index is 12.4. The van der Waals surface area contributed by atoms with E-state index in [1.54, 1.807) is 12.1 Å². The fourth-order valence-electron chi connectivity index (χ4n) is 2.68. The fourth-order valence-corrected chi connectivity index (χ4v) is 3.28. The molecule has 0 bridgehead atoms. The normalized spacial score (nSPS) is 21.0. The number of anilines is 2. The van der Waals surface area contributed by atoms with E-state index in [-0.39, 0.29) is 11.9 Å². The molecule has 1 aliphatic rings. The number of piperidine rings is 1. The lowest BCUT2D eigenvalue weighted by atomic mass is 9.99. The lowest BCUT2D eigenvalue weighted by molar-refractivity contribution is -0.121. The average Bonchev–Trinajstić information content (AvgIpc) is 2.41. The first kappa shape index (κ1) is 16.4. The summed E-state index contributed by atoms with van der Waals surface area (Å²) in [7, 11) is 0. The van der Waals surface area contributed by atoms with Gasteiger partial charge in [0.2, 0.25) is 5.91 Å². The Morgan fingerprint density at radius 2 is 2.05 bits per heavy atom. The van der Waals surface area contributed by atoms with Gasteiger partial charge in [0.1, 0.15) is 0 Å². The summed E-state index contributed by atoms with van der Waals surface area (Å²) >= 11 is 12.2. The molecule has 21 heavy (non-hydrogen) atoms. The predicted octanol–water partition coefficient (Wildman–Crippen LogP) is 3.63. The molecule has 6 heteroatoms. The number of carbonyl (C=O) groups is 1. The molecule has 0 aliphatic carbocycles. The summed E-state index contributed by atoms with van der Waals surface area (Å²) in [6.07, 6.45) is 2.35. The van der Waals surface area contributed by atoms with Gasteiger partial charge in [-0.1, -0.05) is 30.1 Å². The van der Waals surface area contributed by atoms with Gasteiger partial charge in [-0.25, -0.2) is 0 Å². The number of nitrogens with two attached hydrogens (primary N) is 1. The molecule has 0 saturated carbocycles. The number of amides is 1. The van der Waals surface area contributed by atoms with E-state index in [1.807, 2.05) is 6.92 Å². The molecule has 0 radical (unpaired) electrons. The van der Waals surface area contributed by atoms with Crippen molar-refractivity contribution < 1.29 is 4.79 Å². The van der Waals surface area contributed by atoms with Crippen LogP contribution in [-0.4, -0.2) is 29.9 Å². The first-order chi connectivity index (χ1) is 9.88. The summed E-state index contributed by atoms with van der Waals surface area (Å²) in [5.74, 6) is 0.523. The van der Waals surface area contributed by atoms with Gasteiger partial charge < -0.3 is 11.1 Å². The molecule has 4 nitrogen and oxygen atoms in total. The summed E-state index contributed by atoms with van der Waals surface area (Å²) in [5.41, 5.74) is 6.56. The van der Waals surface area contributed by atoms with E-state index in [9.17, 15) is 4.79 Å². The summed E-state index contributed by atoms with van der Waals surface area (Å²) in [6.45, 7) is 6.01. The molecule has 3 N–H and O–H groups in total. The van der Waals surface area contributed by atoms with Crippen LogP contribution < -0.4 is 11.1 Å². The van der Waals surface area contributed by atoms with Gasteiger partial charge in [-0.05, 0) is 44.4 Å². The minimum Gasteiger partial charge on any atom is -0.399 e. The van der Waals surface area contributed by atoms with Crippen molar-refractivity contribution in [1.82, 2.24) is 4.90 Å². The minimum absolute atomic E-state index is 0.0994. The highest BCUT2D eigenvalue weighted by atomic mass is 35.5. The van der Waals surface area contributed by atoms with Crippen molar-refractivity contribution in [2.24, 2.45) is 5.92 Å². The van der Waals surface area contributed by atoms with Crippen LogP contribution in [0.15, 0.2) is 12.1 Å². The molecule has 2 atom stereocenters. The van der Waals surface area contributed by atoms with Crippen molar-refractivity contribution in [2.75, 3.05) is 24.1 Å². The van der Waals surface area contributed by atoms with Gasteiger partial charge in [0.05, 0.1) is 21.8 Å². The van der Waals surface area contributed by atoms with Crippen LogP contribution in [0.2, 0.25) is 10.0 Å². The van der Waals surface area contributed by atoms with E-state index in [0.717, 1.165) is 19.5 Å². The Kier molecular flexibility index (Phi) is 5.36. The Balaban J connectivity index is 2.07. The third-order valence-electron chi connectivity index (χ3n) is 3.93. The van der Waals surface area contributed by atoms with Crippen molar-refractivity contribution in [3.8, 4) is 0 Å². The monoisotopic (exact) mass is 329 g/mol. The molecule has 0 spiro atoms. The minimum atomic E-state index is -0.211. The number of rotatable bonds is 3. The summed E-state index contributed by atoms with van der Waals surface area (Å²) < 4.78 is 0. The Morgan fingerprint density at radius 1 is 1.43 bits per heavy atom.